The number of aromatic amines is 1. The lowest BCUT2D eigenvalue weighted by molar-refractivity contribution is -0.646. The van der Waals surface area contributed by atoms with Crippen molar-refractivity contribution in [2.75, 3.05) is 18.0 Å². The molecular formula is C19H22N7O+. The maximum Gasteiger partial charge on any atom is 0.311 e. The predicted molar refractivity (Wildman–Crippen MR) is 101 cm³/mol. The second-order valence-corrected chi connectivity index (χ2v) is 7.00. The quantitative estimate of drug-likeness (QED) is 0.654. The fourth-order valence-electron chi connectivity index (χ4n) is 3.65. The van der Waals surface area contributed by atoms with Gasteiger partial charge in [-0.1, -0.05) is 23.2 Å². The molecule has 3 heterocycles. The summed E-state index contributed by atoms with van der Waals surface area (Å²) in [4.78, 5) is 23.1. The van der Waals surface area contributed by atoms with E-state index in [2.05, 4.69) is 16.0 Å². The number of piperidine rings is 1. The number of H-pyrrole nitrogens is 1. The van der Waals surface area contributed by atoms with E-state index < -0.39 is 0 Å². The molecule has 138 valence electrons. The molecule has 1 atom stereocenters. The summed E-state index contributed by atoms with van der Waals surface area (Å²) in [6, 6.07) is 9.59. The molecule has 1 aromatic carbocycles. The molecule has 3 N–H and O–H groups in total. The molecule has 1 aliphatic rings. The molecule has 2 aromatic heterocycles. The van der Waals surface area contributed by atoms with Crippen LogP contribution >= 0.6 is 0 Å². The Morgan fingerprint density at radius 1 is 1.44 bits per heavy atom. The summed E-state index contributed by atoms with van der Waals surface area (Å²) < 4.78 is 3.45. The van der Waals surface area contributed by atoms with Crippen LogP contribution in [0.3, 0.4) is 0 Å². The highest BCUT2D eigenvalue weighted by Gasteiger charge is 2.27. The summed E-state index contributed by atoms with van der Waals surface area (Å²) in [6.07, 6.45) is 3.65. The molecular weight excluding hydrogens is 342 g/mol. The number of nitriles is 1. The predicted octanol–water partition coefficient (Wildman–Crippen LogP) is 0.397. The third-order valence-corrected chi connectivity index (χ3v) is 5.07. The smallest absolute Gasteiger partial charge is 0.311 e. The van der Waals surface area contributed by atoms with E-state index in [0.29, 0.717) is 29.2 Å². The van der Waals surface area contributed by atoms with Crippen molar-refractivity contribution in [3.05, 3.63) is 52.1 Å². The Balaban J connectivity index is 1.89. The Morgan fingerprint density at radius 2 is 2.26 bits per heavy atom. The number of aryl methyl sites for hydroxylation is 1. The minimum absolute atomic E-state index is 0.0613. The number of nitrogens with one attached hydrogen (secondary N) is 1. The van der Waals surface area contributed by atoms with E-state index in [9.17, 15) is 10.1 Å². The molecule has 0 saturated carbocycles. The van der Waals surface area contributed by atoms with Crippen molar-refractivity contribution in [3.8, 4) is 6.07 Å². The fourth-order valence-corrected chi connectivity index (χ4v) is 3.65. The molecule has 0 amide bonds. The van der Waals surface area contributed by atoms with Gasteiger partial charge in [-0.15, -0.1) is 0 Å². The van der Waals surface area contributed by atoms with Gasteiger partial charge >= 0.3 is 11.2 Å². The first-order valence-electron chi connectivity index (χ1n) is 9.04. The Hall–Kier alpha value is -3.18. The molecule has 0 aliphatic carbocycles. The molecule has 8 heteroatoms. The molecule has 1 saturated heterocycles. The Bertz CT molecular complexity index is 1090. The van der Waals surface area contributed by atoms with Gasteiger partial charge in [0, 0.05) is 19.1 Å². The summed E-state index contributed by atoms with van der Waals surface area (Å²) >= 11 is 0. The molecule has 1 fully saturated rings. The van der Waals surface area contributed by atoms with E-state index in [1.165, 1.54) is 0 Å². The van der Waals surface area contributed by atoms with Crippen LogP contribution in [0.15, 0.2) is 35.4 Å². The molecule has 0 bridgehead atoms. The maximum atomic E-state index is 13.2. The number of aromatic nitrogens is 4. The third-order valence-electron chi connectivity index (χ3n) is 5.07. The normalized spacial score (nSPS) is 17.2. The Morgan fingerprint density at radius 3 is 3.04 bits per heavy atom. The second kappa shape index (κ2) is 6.85. The summed E-state index contributed by atoms with van der Waals surface area (Å²) in [5.41, 5.74) is 8.43. The van der Waals surface area contributed by atoms with Crippen molar-refractivity contribution in [2.24, 2.45) is 12.8 Å². The van der Waals surface area contributed by atoms with E-state index in [-0.39, 0.29) is 18.1 Å². The lowest BCUT2D eigenvalue weighted by atomic mass is 10.1. The van der Waals surface area contributed by atoms with Gasteiger partial charge in [-0.05, 0) is 24.5 Å². The van der Waals surface area contributed by atoms with Crippen molar-refractivity contribution in [2.45, 2.75) is 25.4 Å². The van der Waals surface area contributed by atoms with Gasteiger partial charge in [-0.25, -0.2) is 4.57 Å². The first kappa shape index (κ1) is 17.2. The largest absolute Gasteiger partial charge is 0.327 e. The second-order valence-electron chi connectivity index (χ2n) is 7.00. The highest BCUT2D eigenvalue weighted by Crippen LogP contribution is 2.20. The maximum absolute atomic E-state index is 13.2. The molecule has 1 aliphatic heterocycles. The van der Waals surface area contributed by atoms with Crippen LogP contribution in [0.5, 0.6) is 0 Å². The fraction of sp³-hybridized carbons (Fsp3) is 0.368. The van der Waals surface area contributed by atoms with E-state index in [1.54, 1.807) is 21.5 Å². The number of anilines is 1. The molecule has 0 radical (unpaired) electrons. The van der Waals surface area contributed by atoms with Crippen molar-refractivity contribution in [1.29, 1.82) is 5.26 Å². The first-order chi connectivity index (χ1) is 13.1. The van der Waals surface area contributed by atoms with Gasteiger partial charge < -0.3 is 10.6 Å². The lowest BCUT2D eigenvalue weighted by Crippen LogP contribution is -2.46. The number of nitrogens with two attached hydrogens (primary N) is 1. The highest BCUT2D eigenvalue weighted by atomic mass is 16.1. The van der Waals surface area contributed by atoms with Crippen molar-refractivity contribution < 1.29 is 4.57 Å². The zero-order chi connectivity index (χ0) is 19.0. The van der Waals surface area contributed by atoms with E-state index in [1.807, 2.05) is 25.2 Å². The number of hydrogen-bond acceptors (Lipinski definition) is 5. The van der Waals surface area contributed by atoms with Crippen LogP contribution in [0.4, 0.5) is 5.95 Å². The monoisotopic (exact) mass is 364 g/mol. The van der Waals surface area contributed by atoms with Crippen LogP contribution in [0.1, 0.15) is 24.0 Å². The molecule has 27 heavy (non-hydrogen) atoms. The average molecular weight is 364 g/mol. The average Bonchev–Trinajstić information content (AvgIpc) is 3.05. The SMILES string of the molecule is C[n+]1c[nH]c2c(=O)n(Cc3ccccc3C#N)c(N3CCCC(N)C3)nc21. The van der Waals surface area contributed by atoms with Crippen LogP contribution < -0.4 is 20.8 Å². The molecule has 4 rings (SSSR count). The lowest BCUT2D eigenvalue weighted by Gasteiger charge is -2.31. The van der Waals surface area contributed by atoms with Gasteiger partial charge in [0.25, 0.3) is 5.95 Å². The molecule has 3 aromatic rings. The number of benzene rings is 1. The van der Waals surface area contributed by atoms with E-state index >= 15 is 0 Å². The van der Waals surface area contributed by atoms with Gasteiger partial charge in [-0.2, -0.15) is 5.26 Å². The molecule has 1 unspecified atom stereocenters. The molecule has 8 nitrogen and oxygen atoms in total. The van der Waals surface area contributed by atoms with Crippen molar-refractivity contribution in [1.82, 2.24) is 14.5 Å². The summed E-state index contributed by atoms with van der Waals surface area (Å²) in [6.45, 7) is 1.75. The van der Waals surface area contributed by atoms with Crippen molar-refractivity contribution >= 4 is 17.1 Å². The summed E-state index contributed by atoms with van der Waals surface area (Å²) in [5.74, 6) is 0.602. The number of fused-ring (bicyclic) bond motifs is 1. The van der Waals surface area contributed by atoms with Gasteiger partial charge in [-0.3, -0.25) is 14.3 Å². The van der Waals surface area contributed by atoms with Crippen LogP contribution in [-0.4, -0.2) is 33.7 Å². The Labute approximate surface area is 156 Å². The summed E-state index contributed by atoms with van der Waals surface area (Å²) in [5, 5.41) is 9.40. The van der Waals surface area contributed by atoms with E-state index in [0.717, 1.165) is 24.9 Å². The van der Waals surface area contributed by atoms with Gasteiger partial charge in [0.2, 0.25) is 5.52 Å². The van der Waals surface area contributed by atoms with Crippen molar-refractivity contribution in [3.63, 3.8) is 0 Å². The van der Waals surface area contributed by atoms with Crippen LogP contribution in [-0.2, 0) is 13.6 Å². The van der Waals surface area contributed by atoms with Crippen LogP contribution in [0.25, 0.3) is 11.2 Å². The van der Waals surface area contributed by atoms with Crippen LogP contribution in [0, 0.1) is 11.3 Å². The zero-order valence-electron chi connectivity index (χ0n) is 15.2. The van der Waals surface area contributed by atoms with Gasteiger partial charge in [0.05, 0.1) is 25.2 Å². The number of hydrogen-bond donors (Lipinski definition) is 2. The molecule has 0 spiro atoms. The summed E-state index contributed by atoms with van der Waals surface area (Å²) in [7, 11) is 1.85. The third kappa shape index (κ3) is 3.06. The van der Waals surface area contributed by atoms with Gasteiger partial charge in [0.15, 0.2) is 6.33 Å². The van der Waals surface area contributed by atoms with E-state index in [4.69, 9.17) is 10.7 Å². The number of imidazole rings is 1. The standard InChI is InChI=1S/C19H21N7O/c1-24-12-22-16-17(24)23-19(25-8-4-7-15(21)11-25)26(18(16)27)10-14-6-3-2-5-13(14)9-20/h2-3,5-6,12,15H,4,7-8,10-11,21H2,1H3/p+1. The number of nitrogens with zero attached hydrogens (tertiary/aromatic N) is 5. The van der Waals surface area contributed by atoms with Crippen LogP contribution in [0.2, 0.25) is 0 Å². The minimum Gasteiger partial charge on any atom is -0.327 e. The zero-order valence-corrected chi connectivity index (χ0v) is 15.2. The number of rotatable bonds is 3. The minimum atomic E-state index is -0.150. The highest BCUT2D eigenvalue weighted by molar-refractivity contribution is 5.67. The van der Waals surface area contributed by atoms with Gasteiger partial charge in [0.1, 0.15) is 0 Å². The Kier molecular flexibility index (Phi) is 4.38. The first-order valence-corrected chi connectivity index (χ1v) is 9.04. The topological polar surface area (TPSA) is 108 Å².